The maximum atomic E-state index is 6.07. The highest BCUT2D eigenvalue weighted by atomic mass is 127. The molecule has 0 amide bonds. The van der Waals surface area contributed by atoms with E-state index in [1.165, 1.54) is 11.1 Å². The van der Waals surface area contributed by atoms with Crippen molar-refractivity contribution in [3.05, 3.63) is 63.5 Å². The minimum atomic E-state index is 0.563. The van der Waals surface area contributed by atoms with Crippen LogP contribution in [0.5, 0.6) is 0 Å². The lowest BCUT2D eigenvalue weighted by Gasteiger charge is -2.08. The van der Waals surface area contributed by atoms with Crippen molar-refractivity contribution in [3.8, 4) is 11.1 Å². The highest BCUT2D eigenvalue weighted by Gasteiger charge is 2.08. The molecule has 2 aromatic carbocycles. The Labute approximate surface area is 124 Å². The Morgan fingerprint density at radius 1 is 0.889 bits per heavy atom. The molecule has 0 saturated carbocycles. The van der Waals surface area contributed by atoms with E-state index in [0.717, 1.165) is 14.3 Å². The molecule has 0 atom stereocenters. The topological polar surface area (TPSA) is 12.9 Å². The van der Waals surface area contributed by atoms with Crippen molar-refractivity contribution >= 4 is 45.0 Å². The van der Waals surface area contributed by atoms with Crippen molar-refractivity contribution in [1.29, 1.82) is 0 Å². The van der Waals surface area contributed by atoms with Gasteiger partial charge in [0.1, 0.15) is 5.15 Å². The number of nitrogens with zero attached hydrogens (tertiary/aromatic N) is 1. The van der Waals surface area contributed by atoms with Crippen LogP contribution in [0.2, 0.25) is 5.15 Å². The predicted molar refractivity (Wildman–Crippen MR) is 84.9 cm³/mol. The van der Waals surface area contributed by atoms with Crippen molar-refractivity contribution in [2.45, 2.75) is 0 Å². The zero-order valence-electron chi connectivity index (χ0n) is 9.40. The first-order valence-corrected chi connectivity index (χ1v) is 7.01. The third-order valence-corrected chi connectivity index (χ3v) is 4.61. The SMILES string of the molecule is Clc1ncc2c(-c3ccccc3)cccc2c1I. The van der Waals surface area contributed by atoms with E-state index in [4.69, 9.17) is 11.6 Å². The van der Waals surface area contributed by atoms with Crippen LogP contribution in [-0.2, 0) is 0 Å². The van der Waals surface area contributed by atoms with Gasteiger partial charge >= 0.3 is 0 Å². The molecule has 0 bridgehead atoms. The fraction of sp³-hybridized carbons (Fsp3) is 0. The highest BCUT2D eigenvalue weighted by molar-refractivity contribution is 14.1. The first-order valence-electron chi connectivity index (χ1n) is 5.55. The fourth-order valence-corrected chi connectivity index (χ4v) is 2.81. The van der Waals surface area contributed by atoms with E-state index in [9.17, 15) is 0 Å². The van der Waals surface area contributed by atoms with Crippen molar-refractivity contribution in [1.82, 2.24) is 4.98 Å². The van der Waals surface area contributed by atoms with Gasteiger partial charge in [0.25, 0.3) is 0 Å². The third-order valence-electron chi connectivity index (χ3n) is 2.92. The molecular formula is C15H9ClIN. The Morgan fingerprint density at radius 2 is 1.67 bits per heavy atom. The van der Waals surface area contributed by atoms with Gasteiger partial charge in [0, 0.05) is 17.0 Å². The van der Waals surface area contributed by atoms with E-state index in [-0.39, 0.29) is 0 Å². The largest absolute Gasteiger partial charge is 0.243 e. The number of halogens is 2. The minimum Gasteiger partial charge on any atom is -0.243 e. The van der Waals surface area contributed by atoms with Crippen LogP contribution < -0.4 is 0 Å². The summed E-state index contributed by atoms with van der Waals surface area (Å²) in [6.45, 7) is 0. The average molecular weight is 366 g/mol. The molecule has 0 fully saturated rings. The molecule has 0 saturated heterocycles. The summed E-state index contributed by atoms with van der Waals surface area (Å²) in [4.78, 5) is 4.25. The Hall–Kier alpha value is -1.13. The first-order chi connectivity index (χ1) is 8.77. The Morgan fingerprint density at radius 3 is 2.44 bits per heavy atom. The molecule has 1 heterocycles. The second kappa shape index (κ2) is 4.86. The van der Waals surface area contributed by atoms with Crippen LogP contribution in [0.15, 0.2) is 54.7 Å². The summed E-state index contributed by atoms with van der Waals surface area (Å²) < 4.78 is 1.00. The second-order valence-electron chi connectivity index (χ2n) is 4.00. The van der Waals surface area contributed by atoms with E-state index in [0.29, 0.717) is 5.15 Å². The van der Waals surface area contributed by atoms with Crippen molar-refractivity contribution in [3.63, 3.8) is 0 Å². The van der Waals surface area contributed by atoms with Gasteiger partial charge in [0.2, 0.25) is 0 Å². The number of rotatable bonds is 1. The molecule has 0 N–H and O–H groups in total. The Kier molecular flexibility index (Phi) is 3.22. The zero-order valence-corrected chi connectivity index (χ0v) is 12.3. The molecule has 3 aromatic rings. The summed E-state index contributed by atoms with van der Waals surface area (Å²) >= 11 is 8.31. The monoisotopic (exact) mass is 365 g/mol. The summed E-state index contributed by atoms with van der Waals surface area (Å²) in [6, 6.07) is 16.6. The highest BCUT2D eigenvalue weighted by Crippen LogP contribution is 2.32. The molecular weight excluding hydrogens is 357 g/mol. The molecule has 0 aliphatic rings. The molecule has 1 nitrogen and oxygen atoms in total. The van der Waals surface area contributed by atoms with E-state index in [1.807, 2.05) is 24.4 Å². The summed E-state index contributed by atoms with van der Waals surface area (Å²) in [5.74, 6) is 0. The summed E-state index contributed by atoms with van der Waals surface area (Å²) in [5, 5.41) is 2.85. The lowest BCUT2D eigenvalue weighted by Crippen LogP contribution is -1.87. The Bertz CT molecular complexity index is 710. The maximum Gasteiger partial charge on any atom is 0.142 e. The number of hydrogen-bond acceptors (Lipinski definition) is 1. The van der Waals surface area contributed by atoms with Crippen LogP contribution in [0.1, 0.15) is 0 Å². The number of aromatic nitrogens is 1. The molecule has 0 spiro atoms. The van der Waals surface area contributed by atoms with Gasteiger partial charge in [-0.15, -0.1) is 0 Å². The quantitative estimate of drug-likeness (QED) is 0.429. The van der Waals surface area contributed by atoms with Crippen LogP contribution in [0.25, 0.3) is 21.9 Å². The van der Waals surface area contributed by atoms with Gasteiger partial charge in [0.05, 0.1) is 3.57 Å². The molecule has 88 valence electrons. The van der Waals surface area contributed by atoms with Crippen LogP contribution in [0, 0.1) is 3.57 Å². The van der Waals surface area contributed by atoms with Gasteiger partial charge in [-0.2, -0.15) is 0 Å². The predicted octanol–water partition coefficient (Wildman–Crippen LogP) is 5.16. The van der Waals surface area contributed by atoms with Crippen LogP contribution >= 0.6 is 34.2 Å². The molecule has 3 rings (SSSR count). The van der Waals surface area contributed by atoms with Crippen LogP contribution in [0.3, 0.4) is 0 Å². The smallest absolute Gasteiger partial charge is 0.142 e. The van der Waals surface area contributed by atoms with Crippen molar-refractivity contribution < 1.29 is 0 Å². The van der Waals surface area contributed by atoms with Gasteiger partial charge in [0.15, 0.2) is 0 Å². The van der Waals surface area contributed by atoms with Gasteiger partial charge < -0.3 is 0 Å². The first kappa shape index (κ1) is 11.9. The number of fused-ring (bicyclic) bond motifs is 1. The van der Waals surface area contributed by atoms with E-state index < -0.39 is 0 Å². The molecule has 1 aromatic heterocycles. The minimum absolute atomic E-state index is 0.563. The molecule has 0 aliphatic heterocycles. The van der Waals surface area contributed by atoms with E-state index in [1.54, 1.807) is 0 Å². The lowest BCUT2D eigenvalue weighted by atomic mass is 10.00. The van der Waals surface area contributed by atoms with E-state index in [2.05, 4.69) is 57.9 Å². The van der Waals surface area contributed by atoms with Gasteiger partial charge in [-0.3, -0.25) is 0 Å². The summed E-state index contributed by atoms with van der Waals surface area (Å²) in [6.07, 6.45) is 1.85. The Balaban J connectivity index is 2.35. The maximum absolute atomic E-state index is 6.07. The normalized spacial score (nSPS) is 10.8. The van der Waals surface area contributed by atoms with Crippen LogP contribution in [0.4, 0.5) is 0 Å². The van der Waals surface area contributed by atoms with Gasteiger partial charge in [-0.05, 0) is 33.7 Å². The molecule has 18 heavy (non-hydrogen) atoms. The summed E-state index contributed by atoms with van der Waals surface area (Å²) in [7, 11) is 0. The standard InChI is InChI=1S/C15H9ClIN/c16-15-14(17)12-8-4-7-11(13(12)9-18-15)10-5-2-1-3-6-10/h1-9H. The number of hydrogen-bond donors (Lipinski definition) is 0. The summed E-state index contributed by atoms with van der Waals surface area (Å²) in [5.41, 5.74) is 2.39. The molecule has 0 aliphatic carbocycles. The van der Waals surface area contributed by atoms with Gasteiger partial charge in [-0.25, -0.2) is 4.98 Å². The van der Waals surface area contributed by atoms with Crippen LogP contribution in [-0.4, -0.2) is 4.98 Å². The van der Waals surface area contributed by atoms with Gasteiger partial charge in [-0.1, -0.05) is 60.1 Å². The van der Waals surface area contributed by atoms with Crippen molar-refractivity contribution in [2.24, 2.45) is 0 Å². The molecule has 3 heteroatoms. The number of pyridine rings is 1. The molecule has 0 unspecified atom stereocenters. The third kappa shape index (κ3) is 1.99. The fourth-order valence-electron chi connectivity index (χ4n) is 2.05. The number of benzene rings is 2. The second-order valence-corrected chi connectivity index (χ2v) is 5.43. The molecule has 0 radical (unpaired) electrons. The van der Waals surface area contributed by atoms with Crippen molar-refractivity contribution in [2.75, 3.05) is 0 Å². The van der Waals surface area contributed by atoms with E-state index >= 15 is 0 Å². The lowest BCUT2D eigenvalue weighted by molar-refractivity contribution is 1.34. The average Bonchev–Trinajstić information content (AvgIpc) is 2.43. The zero-order chi connectivity index (χ0) is 12.5.